The van der Waals surface area contributed by atoms with E-state index in [0.717, 1.165) is 18.4 Å². The van der Waals surface area contributed by atoms with E-state index >= 15 is 0 Å². The monoisotopic (exact) mass is 369 g/mol. The zero-order chi connectivity index (χ0) is 17.9. The highest BCUT2D eigenvalue weighted by atomic mass is 35.5. The van der Waals surface area contributed by atoms with Gasteiger partial charge in [-0.2, -0.15) is 0 Å². The lowest BCUT2D eigenvalue weighted by Crippen LogP contribution is -2.45. The van der Waals surface area contributed by atoms with Gasteiger partial charge in [0.15, 0.2) is 0 Å². The highest BCUT2D eigenvalue weighted by Crippen LogP contribution is 2.31. The maximum absolute atomic E-state index is 12.3. The van der Waals surface area contributed by atoms with Gasteiger partial charge in [-0.1, -0.05) is 35.3 Å². The summed E-state index contributed by atoms with van der Waals surface area (Å²) in [4.78, 5) is 14.0. The Kier molecular flexibility index (Phi) is 6.22. The minimum atomic E-state index is -0.475. The summed E-state index contributed by atoms with van der Waals surface area (Å²) < 4.78 is 5.47. The number of carbonyl (C=O) groups is 1. The molecule has 2 rings (SSSR count). The largest absolute Gasteiger partial charge is 0.444 e. The summed E-state index contributed by atoms with van der Waals surface area (Å²) >= 11 is 12.1. The van der Waals surface area contributed by atoms with Crippen LogP contribution in [-0.2, 0) is 11.2 Å². The predicted octanol–water partition coefficient (Wildman–Crippen LogP) is 5.60. The van der Waals surface area contributed by atoms with Crippen LogP contribution in [-0.4, -0.2) is 29.7 Å². The average molecular weight is 370 g/mol. The molecule has 0 aliphatic carbocycles. The third-order valence-electron chi connectivity index (χ3n) is 4.24. The maximum atomic E-state index is 12.3. The summed E-state index contributed by atoms with van der Waals surface area (Å²) in [7, 11) is 0. The zero-order valence-corrected chi connectivity index (χ0v) is 16.0. The topological polar surface area (TPSA) is 29.5 Å². The van der Waals surface area contributed by atoms with Crippen molar-refractivity contribution in [3.63, 3.8) is 0 Å². The van der Waals surface area contributed by atoms with Gasteiger partial charge in [0.2, 0.25) is 0 Å². The van der Waals surface area contributed by atoms with Gasteiger partial charge in [-0.15, -0.1) is 6.58 Å². The summed E-state index contributed by atoms with van der Waals surface area (Å²) in [5.74, 6) is 0.666. The summed E-state index contributed by atoms with van der Waals surface area (Å²) in [5.41, 5.74) is 0.685. The first-order valence-electron chi connectivity index (χ1n) is 8.24. The summed E-state index contributed by atoms with van der Waals surface area (Å²) in [6.45, 7) is 10.9. The van der Waals surface area contributed by atoms with E-state index in [4.69, 9.17) is 27.9 Å². The number of halogens is 2. The van der Waals surface area contributed by atoms with E-state index in [1.54, 1.807) is 4.90 Å². The Labute approximate surface area is 154 Å². The van der Waals surface area contributed by atoms with Crippen molar-refractivity contribution < 1.29 is 9.53 Å². The van der Waals surface area contributed by atoms with Crippen LogP contribution >= 0.6 is 23.2 Å². The number of nitrogens with zero attached hydrogens (tertiary/aromatic N) is 1. The molecule has 0 saturated carbocycles. The highest BCUT2D eigenvalue weighted by molar-refractivity contribution is 6.42. The standard InChI is InChI=1S/C19H25Cl2NO2/c1-5-14-12-22(18(23)24-19(2,3)4)9-8-15(14)10-13-6-7-16(20)17(21)11-13/h5-7,11,14-15H,1,8-10,12H2,2-4H3/t14-,15-/m1/s1. The molecule has 1 heterocycles. The Balaban J connectivity index is 2.01. The number of hydrogen-bond acceptors (Lipinski definition) is 2. The van der Waals surface area contributed by atoms with E-state index < -0.39 is 5.60 Å². The van der Waals surface area contributed by atoms with Gasteiger partial charge in [0.1, 0.15) is 5.60 Å². The van der Waals surface area contributed by atoms with Gasteiger partial charge in [-0.3, -0.25) is 0 Å². The van der Waals surface area contributed by atoms with Crippen molar-refractivity contribution in [2.24, 2.45) is 11.8 Å². The molecular formula is C19H25Cl2NO2. The van der Waals surface area contributed by atoms with Gasteiger partial charge in [0, 0.05) is 13.1 Å². The Hall–Kier alpha value is -1.19. The number of rotatable bonds is 3. The third-order valence-corrected chi connectivity index (χ3v) is 4.98. The minimum absolute atomic E-state index is 0.237. The number of amides is 1. The van der Waals surface area contributed by atoms with Crippen LogP contribution < -0.4 is 0 Å². The normalized spacial score (nSPS) is 21.5. The summed E-state index contributed by atoms with van der Waals surface area (Å²) in [6, 6.07) is 5.76. The molecule has 1 aromatic rings. The number of likely N-dealkylation sites (tertiary alicyclic amines) is 1. The minimum Gasteiger partial charge on any atom is -0.444 e. The first-order chi connectivity index (χ1) is 11.2. The van der Waals surface area contributed by atoms with Crippen LogP contribution in [0, 0.1) is 11.8 Å². The van der Waals surface area contributed by atoms with Crippen LogP contribution in [0.2, 0.25) is 10.0 Å². The number of hydrogen-bond donors (Lipinski definition) is 0. The zero-order valence-electron chi connectivity index (χ0n) is 14.5. The Morgan fingerprint density at radius 3 is 2.67 bits per heavy atom. The van der Waals surface area contributed by atoms with Crippen LogP contribution in [0.1, 0.15) is 32.8 Å². The maximum Gasteiger partial charge on any atom is 0.410 e. The molecule has 3 nitrogen and oxygen atoms in total. The molecule has 1 fully saturated rings. The fraction of sp³-hybridized carbons (Fsp3) is 0.526. The van der Waals surface area contributed by atoms with E-state index in [9.17, 15) is 4.79 Å². The van der Waals surface area contributed by atoms with Crippen LogP contribution in [0.15, 0.2) is 30.9 Å². The van der Waals surface area contributed by atoms with E-state index in [1.165, 1.54) is 0 Å². The van der Waals surface area contributed by atoms with Crippen molar-refractivity contribution in [2.45, 2.75) is 39.2 Å². The third kappa shape index (κ3) is 5.15. The van der Waals surface area contributed by atoms with Crippen LogP contribution in [0.3, 0.4) is 0 Å². The lowest BCUT2D eigenvalue weighted by molar-refractivity contribution is 0.0138. The molecule has 1 saturated heterocycles. The lowest BCUT2D eigenvalue weighted by atomic mass is 9.81. The van der Waals surface area contributed by atoms with E-state index in [0.29, 0.717) is 29.1 Å². The second-order valence-electron chi connectivity index (χ2n) is 7.33. The first kappa shape index (κ1) is 19.1. The molecule has 0 radical (unpaired) electrons. The van der Waals surface area contributed by atoms with E-state index in [1.807, 2.05) is 45.0 Å². The molecule has 24 heavy (non-hydrogen) atoms. The molecule has 0 aromatic heterocycles. The number of carbonyl (C=O) groups excluding carboxylic acids is 1. The van der Waals surface area contributed by atoms with Gasteiger partial charge >= 0.3 is 6.09 Å². The molecule has 1 aliphatic rings. The quantitative estimate of drug-likeness (QED) is 0.649. The van der Waals surface area contributed by atoms with Gasteiger partial charge < -0.3 is 9.64 Å². The van der Waals surface area contributed by atoms with Crippen molar-refractivity contribution in [1.82, 2.24) is 4.90 Å². The Bertz CT molecular complexity index is 610. The first-order valence-corrected chi connectivity index (χ1v) is 8.99. The summed E-state index contributed by atoms with van der Waals surface area (Å²) in [6.07, 6.45) is 3.51. The fourth-order valence-corrected chi connectivity index (χ4v) is 3.33. The summed E-state index contributed by atoms with van der Waals surface area (Å²) in [5, 5.41) is 1.15. The molecule has 0 bridgehead atoms. The van der Waals surface area contributed by atoms with Gasteiger partial charge in [-0.05, 0) is 63.1 Å². The highest BCUT2D eigenvalue weighted by Gasteiger charge is 2.32. The molecule has 132 valence electrons. The predicted molar refractivity (Wildman–Crippen MR) is 99.8 cm³/mol. The molecule has 0 spiro atoms. The lowest BCUT2D eigenvalue weighted by Gasteiger charge is -2.38. The molecule has 1 amide bonds. The van der Waals surface area contributed by atoms with Crippen molar-refractivity contribution in [3.8, 4) is 0 Å². The van der Waals surface area contributed by atoms with Crippen molar-refractivity contribution in [1.29, 1.82) is 0 Å². The SMILES string of the molecule is C=C[C@@H]1CN(C(=O)OC(C)(C)C)CC[C@@H]1Cc1ccc(Cl)c(Cl)c1. The van der Waals surface area contributed by atoms with Crippen molar-refractivity contribution in [3.05, 3.63) is 46.5 Å². The van der Waals surface area contributed by atoms with Crippen molar-refractivity contribution in [2.75, 3.05) is 13.1 Å². The van der Waals surface area contributed by atoms with Gasteiger partial charge in [0.25, 0.3) is 0 Å². The smallest absolute Gasteiger partial charge is 0.410 e. The van der Waals surface area contributed by atoms with Crippen LogP contribution in [0.5, 0.6) is 0 Å². The molecular weight excluding hydrogens is 345 g/mol. The number of piperidine rings is 1. The second-order valence-corrected chi connectivity index (χ2v) is 8.14. The van der Waals surface area contributed by atoms with Gasteiger partial charge in [-0.25, -0.2) is 4.79 Å². The molecule has 2 atom stereocenters. The molecule has 1 aliphatic heterocycles. The van der Waals surface area contributed by atoms with E-state index in [-0.39, 0.29) is 12.0 Å². The van der Waals surface area contributed by atoms with Gasteiger partial charge in [0.05, 0.1) is 10.0 Å². The molecule has 0 N–H and O–H groups in total. The fourth-order valence-electron chi connectivity index (χ4n) is 3.01. The van der Waals surface area contributed by atoms with E-state index in [2.05, 4.69) is 6.58 Å². The second kappa shape index (κ2) is 7.79. The van der Waals surface area contributed by atoms with Crippen molar-refractivity contribution >= 4 is 29.3 Å². The Morgan fingerprint density at radius 2 is 2.08 bits per heavy atom. The molecule has 0 unspecified atom stereocenters. The molecule has 1 aromatic carbocycles. The van der Waals surface area contributed by atoms with Crippen LogP contribution in [0.4, 0.5) is 4.79 Å². The molecule has 5 heteroatoms. The average Bonchev–Trinajstić information content (AvgIpc) is 2.49. The number of benzene rings is 1. The van der Waals surface area contributed by atoms with Crippen LogP contribution in [0.25, 0.3) is 0 Å². The Morgan fingerprint density at radius 1 is 1.38 bits per heavy atom. The number of ether oxygens (including phenoxy) is 1.